The van der Waals surface area contributed by atoms with Crippen LogP contribution in [0.25, 0.3) is 6.08 Å². The van der Waals surface area contributed by atoms with Crippen LogP contribution in [0.1, 0.15) is 5.56 Å². The minimum Gasteiger partial charge on any atom is -0.504 e. The van der Waals surface area contributed by atoms with Crippen molar-refractivity contribution in [2.45, 2.75) is 0 Å². The van der Waals surface area contributed by atoms with E-state index in [9.17, 15) is 9.50 Å². The normalized spacial score (nSPS) is 10.9. The lowest BCUT2D eigenvalue weighted by atomic mass is 10.1. The molecule has 3 N–H and O–H groups in total. The summed E-state index contributed by atoms with van der Waals surface area (Å²) in [5, 5.41) is 9.50. The van der Waals surface area contributed by atoms with Crippen LogP contribution in [0.3, 0.4) is 0 Å². The Morgan fingerprint density at radius 3 is 2.87 bits per heavy atom. The Balaban J connectivity index is 3.33. The minimum absolute atomic E-state index is 0.0233. The van der Waals surface area contributed by atoms with Crippen LogP contribution in [0.15, 0.2) is 12.1 Å². The summed E-state index contributed by atoms with van der Waals surface area (Å²) in [7, 11) is 1.36. The Labute approximate surface area is 91.9 Å². The molecule has 15 heavy (non-hydrogen) atoms. The molecule has 0 amide bonds. The van der Waals surface area contributed by atoms with Gasteiger partial charge in [-0.15, -0.1) is 0 Å². The van der Waals surface area contributed by atoms with Gasteiger partial charge in [0.1, 0.15) is 0 Å². The molecule has 0 spiro atoms. The number of halogens is 2. The molecular weight excluding hydrogens is 221 g/mol. The number of benzene rings is 1. The zero-order chi connectivity index (χ0) is 11.4. The molecule has 0 bridgehead atoms. The average molecular weight is 232 g/mol. The number of nitrogens with two attached hydrogens (primary N) is 1. The van der Waals surface area contributed by atoms with Crippen molar-refractivity contribution in [3.63, 3.8) is 0 Å². The summed E-state index contributed by atoms with van der Waals surface area (Å²) in [5.41, 5.74) is 5.21. The van der Waals surface area contributed by atoms with Gasteiger partial charge in [0.15, 0.2) is 17.3 Å². The number of rotatable bonds is 3. The lowest BCUT2D eigenvalue weighted by Crippen LogP contribution is -1.94. The maximum atomic E-state index is 13.5. The molecule has 82 valence electrons. The van der Waals surface area contributed by atoms with Crippen LogP contribution in [0.4, 0.5) is 4.39 Å². The summed E-state index contributed by atoms with van der Waals surface area (Å²) < 4.78 is 18.3. The number of aromatic hydroxyl groups is 1. The van der Waals surface area contributed by atoms with E-state index in [1.165, 1.54) is 25.3 Å². The quantitative estimate of drug-likeness (QED) is 0.838. The summed E-state index contributed by atoms with van der Waals surface area (Å²) in [4.78, 5) is 0. The molecule has 0 aliphatic rings. The first-order valence-electron chi connectivity index (χ1n) is 4.23. The van der Waals surface area contributed by atoms with E-state index in [0.717, 1.165) is 0 Å². The highest BCUT2D eigenvalue weighted by Crippen LogP contribution is 2.36. The lowest BCUT2D eigenvalue weighted by Gasteiger charge is -2.08. The Hall–Kier alpha value is -1.26. The van der Waals surface area contributed by atoms with Crippen molar-refractivity contribution in [2.75, 3.05) is 13.7 Å². The van der Waals surface area contributed by atoms with E-state index in [1.807, 2.05) is 0 Å². The molecule has 1 aromatic rings. The first kappa shape index (κ1) is 11.8. The number of methoxy groups -OCH3 is 1. The van der Waals surface area contributed by atoms with Gasteiger partial charge in [0.05, 0.1) is 17.7 Å². The molecule has 1 rings (SSSR count). The van der Waals surface area contributed by atoms with Crippen molar-refractivity contribution in [1.29, 1.82) is 0 Å². The molecule has 0 aliphatic heterocycles. The van der Waals surface area contributed by atoms with E-state index < -0.39 is 5.82 Å². The van der Waals surface area contributed by atoms with E-state index in [-0.39, 0.29) is 28.6 Å². The predicted molar refractivity (Wildman–Crippen MR) is 57.7 cm³/mol. The molecular formula is C10H11ClFNO2. The molecule has 0 heterocycles. The fourth-order valence-corrected chi connectivity index (χ4v) is 1.31. The summed E-state index contributed by atoms with van der Waals surface area (Å²) in [6.07, 6.45) is 2.87. The van der Waals surface area contributed by atoms with Crippen LogP contribution in [0.5, 0.6) is 11.5 Å². The van der Waals surface area contributed by atoms with Gasteiger partial charge in [0.25, 0.3) is 0 Å². The van der Waals surface area contributed by atoms with E-state index >= 15 is 0 Å². The zero-order valence-electron chi connectivity index (χ0n) is 8.13. The summed E-state index contributed by atoms with van der Waals surface area (Å²) in [6.45, 7) is 0.244. The first-order chi connectivity index (χ1) is 7.11. The number of phenols is 1. The smallest absolute Gasteiger partial charge is 0.168 e. The van der Waals surface area contributed by atoms with E-state index in [4.69, 9.17) is 22.1 Å². The second-order valence-corrected chi connectivity index (χ2v) is 3.18. The summed E-state index contributed by atoms with van der Waals surface area (Å²) >= 11 is 5.62. The van der Waals surface area contributed by atoms with Gasteiger partial charge in [-0.2, -0.15) is 0 Å². The fourth-order valence-electron chi connectivity index (χ4n) is 1.11. The number of hydrogen-bond acceptors (Lipinski definition) is 3. The highest BCUT2D eigenvalue weighted by atomic mass is 35.5. The highest BCUT2D eigenvalue weighted by Gasteiger charge is 2.15. The lowest BCUT2D eigenvalue weighted by molar-refractivity contribution is 0.370. The van der Waals surface area contributed by atoms with E-state index in [2.05, 4.69) is 0 Å². The number of ether oxygens (including phenoxy) is 1. The second-order valence-electron chi connectivity index (χ2n) is 2.77. The molecule has 0 saturated carbocycles. The monoisotopic (exact) mass is 231 g/mol. The van der Waals surface area contributed by atoms with Crippen LogP contribution < -0.4 is 10.5 Å². The van der Waals surface area contributed by atoms with Gasteiger partial charge in [-0.3, -0.25) is 0 Å². The summed E-state index contributed by atoms with van der Waals surface area (Å²) in [5.74, 6) is -0.859. The molecule has 0 fully saturated rings. The molecule has 3 nitrogen and oxygen atoms in total. The van der Waals surface area contributed by atoms with Crippen LogP contribution >= 0.6 is 11.6 Å². The van der Waals surface area contributed by atoms with Crippen molar-refractivity contribution in [3.05, 3.63) is 28.5 Å². The standard InChI is InChI=1S/C10H11ClFNO2/c1-15-8-5-7(11)9(12)6(10(8)14)3-2-4-13/h2-3,5,14H,4,13H2,1H3/b3-2+. The van der Waals surface area contributed by atoms with Crippen LogP contribution in [-0.4, -0.2) is 18.8 Å². The molecule has 0 atom stereocenters. The third-order valence-corrected chi connectivity index (χ3v) is 2.11. The fraction of sp³-hybridized carbons (Fsp3) is 0.200. The molecule has 0 aromatic heterocycles. The largest absolute Gasteiger partial charge is 0.504 e. The topological polar surface area (TPSA) is 55.5 Å². The maximum Gasteiger partial charge on any atom is 0.168 e. The SMILES string of the molecule is COc1cc(Cl)c(F)c(/C=C/CN)c1O. The van der Waals surface area contributed by atoms with Crippen molar-refractivity contribution in [3.8, 4) is 11.5 Å². The van der Waals surface area contributed by atoms with Gasteiger partial charge >= 0.3 is 0 Å². The van der Waals surface area contributed by atoms with Gasteiger partial charge in [0, 0.05) is 12.6 Å². The Morgan fingerprint density at radius 2 is 2.33 bits per heavy atom. The number of phenolic OH excluding ortho intramolecular Hbond substituents is 1. The Morgan fingerprint density at radius 1 is 1.67 bits per heavy atom. The van der Waals surface area contributed by atoms with Crippen LogP contribution in [-0.2, 0) is 0 Å². The summed E-state index contributed by atoms with van der Waals surface area (Å²) in [6, 6.07) is 1.21. The van der Waals surface area contributed by atoms with Gasteiger partial charge in [-0.25, -0.2) is 4.39 Å². The van der Waals surface area contributed by atoms with Crippen LogP contribution in [0.2, 0.25) is 5.02 Å². The molecule has 0 unspecified atom stereocenters. The van der Waals surface area contributed by atoms with Gasteiger partial charge in [-0.1, -0.05) is 23.8 Å². The third kappa shape index (κ3) is 2.40. The van der Waals surface area contributed by atoms with Crippen molar-refractivity contribution < 1.29 is 14.2 Å². The second kappa shape index (κ2) is 5.00. The average Bonchev–Trinajstić information content (AvgIpc) is 2.23. The van der Waals surface area contributed by atoms with Gasteiger partial charge < -0.3 is 15.6 Å². The molecule has 0 radical (unpaired) electrons. The zero-order valence-corrected chi connectivity index (χ0v) is 8.88. The maximum absolute atomic E-state index is 13.5. The van der Waals surface area contributed by atoms with E-state index in [0.29, 0.717) is 0 Å². The first-order valence-corrected chi connectivity index (χ1v) is 4.61. The van der Waals surface area contributed by atoms with E-state index in [1.54, 1.807) is 0 Å². The van der Waals surface area contributed by atoms with Crippen molar-refractivity contribution >= 4 is 17.7 Å². The molecule has 0 aliphatic carbocycles. The van der Waals surface area contributed by atoms with Gasteiger partial charge in [0.2, 0.25) is 0 Å². The molecule has 0 saturated heterocycles. The predicted octanol–water partition coefficient (Wildman–Crippen LogP) is 2.17. The van der Waals surface area contributed by atoms with Crippen molar-refractivity contribution in [2.24, 2.45) is 5.73 Å². The van der Waals surface area contributed by atoms with Crippen molar-refractivity contribution in [1.82, 2.24) is 0 Å². The molecule has 5 heteroatoms. The number of hydrogen-bond donors (Lipinski definition) is 2. The minimum atomic E-state index is -0.695. The molecule has 1 aromatic carbocycles. The van der Waals surface area contributed by atoms with Crippen LogP contribution in [0, 0.1) is 5.82 Å². The van der Waals surface area contributed by atoms with Gasteiger partial charge in [-0.05, 0) is 0 Å². The Bertz CT molecular complexity index is 393. The highest BCUT2D eigenvalue weighted by molar-refractivity contribution is 6.31. The third-order valence-electron chi connectivity index (χ3n) is 1.83. The Kier molecular flexibility index (Phi) is 3.94.